The van der Waals surface area contributed by atoms with Crippen molar-refractivity contribution in [3.63, 3.8) is 0 Å². The summed E-state index contributed by atoms with van der Waals surface area (Å²) < 4.78 is 7.13. The fraction of sp³-hybridized carbons (Fsp3) is 0. The van der Waals surface area contributed by atoms with Crippen LogP contribution in [0.2, 0.25) is 0 Å². The van der Waals surface area contributed by atoms with Gasteiger partial charge in [0.2, 0.25) is 0 Å². The second-order valence-corrected chi connectivity index (χ2v) is 15.3. The zero-order chi connectivity index (χ0) is 40.5. The van der Waals surface area contributed by atoms with Crippen LogP contribution in [-0.4, -0.2) is 0 Å². The second kappa shape index (κ2) is 15.6. The summed E-state index contributed by atoms with van der Waals surface area (Å²) in [6, 6.07) is 86.2. The molecule has 1 aliphatic heterocycles. The first kappa shape index (κ1) is 36.0. The molecule has 0 amide bonds. The average molecular weight is 781 g/mol. The molecule has 288 valence electrons. The summed E-state index contributed by atoms with van der Waals surface area (Å²) in [5.41, 5.74) is 15.6. The van der Waals surface area contributed by atoms with E-state index in [0.29, 0.717) is 0 Å². The molecule has 0 spiro atoms. The molecule has 3 nitrogen and oxygen atoms in total. The first-order chi connectivity index (χ1) is 30.2. The van der Waals surface area contributed by atoms with Gasteiger partial charge in [0.25, 0.3) is 0 Å². The number of ether oxygens (including phenoxy) is 1. The molecule has 0 fully saturated rings. The van der Waals surface area contributed by atoms with Crippen LogP contribution in [0.4, 0.5) is 34.1 Å². The van der Waals surface area contributed by atoms with Gasteiger partial charge >= 0.3 is 0 Å². The topological polar surface area (TPSA) is 15.7 Å². The van der Waals surface area contributed by atoms with Crippen LogP contribution in [0.15, 0.2) is 243 Å². The normalized spacial score (nSPS) is 11.4. The lowest BCUT2D eigenvalue weighted by Gasteiger charge is -2.29. The molecule has 11 rings (SSSR count). The molecule has 0 saturated heterocycles. The Morgan fingerprint density at radius 3 is 1.20 bits per heavy atom. The summed E-state index contributed by atoms with van der Waals surface area (Å²) in [6.45, 7) is 0. The Balaban J connectivity index is 0.992. The minimum atomic E-state index is 0.827. The molecule has 0 aliphatic carbocycles. The Hall–Kier alpha value is -8.14. The third-order valence-electron chi connectivity index (χ3n) is 11.7. The molecule has 0 bridgehead atoms. The summed E-state index contributed by atoms with van der Waals surface area (Å²) >= 11 is 0. The highest BCUT2D eigenvalue weighted by Gasteiger charge is 2.25. The number of fused-ring (bicyclic) bond motifs is 2. The van der Waals surface area contributed by atoms with Gasteiger partial charge in [0.1, 0.15) is 11.5 Å². The zero-order valence-corrected chi connectivity index (χ0v) is 33.4. The summed E-state index contributed by atoms with van der Waals surface area (Å²) in [7, 11) is 0. The minimum absolute atomic E-state index is 0.827. The fourth-order valence-corrected chi connectivity index (χ4v) is 8.68. The number of anilines is 6. The molecule has 10 aromatic rings. The highest BCUT2D eigenvalue weighted by Crippen LogP contribution is 2.52. The SMILES string of the molecule is c1ccc(-c2ccc(N(c3ccc(-c4ccccc4)cc3)c3ccc4c(c3)Oc3c(-c5ccc(N(c6ccccc6)c6ccccc6)cc5)ccc5cccc-4c35)cc2)cc1. The van der Waals surface area contributed by atoms with Crippen LogP contribution in [0, 0.1) is 0 Å². The molecule has 0 unspecified atom stereocenters. The van der Waals surface area contributed by atoms with E-state index in [4.69, 9.17) is 4.74 Å². The largest absolute Gasteiger partial charge is 0.455 e. The molecule has 61 heavy (non-hydrogen) atoms. The standard InChI is InChI=1S/C58H40N2O/c1-5-14-41(15-6-1)43-24-31-50(32-25-43)60(51-33-26-44(27-34-51)42-16-7-2-8-17-42)52-37-39-54-55-23-13-18-46-30-38-53(58(57(46)55)61-56(54)40-52)45-28-35-49(36-29-45)59(47-19-9-3-10-20-47)48-21-11-4-12-22-48/h1-40H. The van der Waals surface area contributed by atoms with Crippen LogP contribution in [-0.2, 0) is 0 Å². The molecule has 0 saturated carbocycles. The van der Waals surface area contributed by atoms with Gasteiger partial charge in [0.15, 0.2) is 0 Å². The van der Waals surface area contributed by atoms with Gasteiger partial charge in [-0.2, -0.15) is 0 Å². The van der Waals surface area contributed by atoms with E-state index in [1.54, 1.807) is 0 Å². The number of para-hydroxylation sites is 2. The van der Waals surface area contributed by atoms with Crippen molar-refractivity contribution in [2.75, 3.05) is 9.80 Å². The molecule has 10 aromatic carbocycles. The van der Waals surface area contributed by atoms with Crippen molar-refractivity contribution < 1.29 is 4.74 Å². The van der Waals surface area contributed by atoms with Crippen molar-refractivity contribution in [1.82, 2.24) is 0 Å². The van der Waals surface area contributed by atoms with Crippen molar-refractivity contribution in [1.29, 1.82) is 0 Å². The molecule has 0 radical (unpaired) electrons. The number of hydrogen-bond acceptors (Lipinski definition) is 3. The number of nitrogens with zero attached hydrogens (tertiary/aromatic N) is 2. The summed E-state index contributed by atoms with van der Waals surface area (Å²) in [6.07, 6.45) is 0. The molecular formula is C58H40N2O. The van der Waals surface area contributed by atoms with E-state index in [0.717, 1.165) is 73.1 Å². The summed E-state index contributed by atoms with van der Waals surface area (Å²) in [5.74, 6) is 1.70. The lowest BCUT2D eigenvalue weighted by atomic mass is 9.91. The maximum Gasteiger partial charge on any atom is 0.143 e. The van der Waals surface area contributed by atoms with E-state index in [2.05, 4.69) is 252 Å². The van der Waals surface area contributed by atoms with E-state index in [1.807, 2.05) is 0 Å². The molecule has 0 N–H and O–H groups in total. The first-order valence-corrected chi connectivity index (χ1v) is 20.7. The first-order valence-electron chi connectivity index (χ1n) is 20.7. The lowest BCUT2D eigenvalue weighted by molar-refractivity contribution is 0.489. The fourth-order valence-electron chi connectivity index (χ4n) is 8.68. The Morgan fingerprint density at radius 2 is 0.672 bits per heavy atom. The van der Waals surface area contributed by atoms with Crippen molar-refractivity contribution in [3.05, 3.63) is 243 Å². The Labute approximate surface area is 356 Å². The molecule has 0 atom stereocenters. The lowest BCUT2D eigenvalue weighted by Crippen LogP contribution is -2.10. The van der Waals surface area contributed by atoms with Crippen LogP contribution < -0.4 is 14.5 Å². The summed E-state index contributed by atoms with van der Waals surface area (Å²) in [5, 5.41) is 2.28. The highest BCUT2D eigenvalue weighted by molar-refractivity contribution is 6.08. The van der Waals surface area contributed by atoms with Crippen molar-refractivity contribution in [2.45, 2.75) is 0 Å². The van der Waals surface area contributed by atoms with Crippen LogP contribution in [0.5, 0.6) is 11.5 Å². The van der Waals surface area contributed by atoms with Gasteiger partial charge in [-0.05, 0) is 118 Å². The minimum Gasteiger partial charge on any atom is -0.455 e. The smallest absolute Gasteiger partial charge is 0.143 e. The Bertz CT molecular complexity index is 2990. The maximum absolute atomic E-state index is 7.13. The predicted octanol–water partition coefficient (Wildman–Crippen LogP) is 16.6. The van der Waals surface area contributed by atoms with E-state index < -0.39 is 0 Å². The third kappa shape index (κ3) is 6.78. The van der Waals surface area contributed by atoms with Crippen LogP contribution >= 0.6 is 0 Å². The molecule has 3 heteroatoms. The van der Waals surface area contributed by atoms with Crippen molar-refractivity contribution in [2.24, 2.45) is 0 Å². The van der Waals surface area contributed by atoms with Crippen LogP contribution in [0.3, 0.4) is 0 Å². The number of hydrogen-bond donors (Lipinski definition) is 0. The Morgan fingerprint density at radius 1 is 0.262 bits per heavy atom. The van der Waals surface area contributed by atoms with Gasteiger partial charge in [0.05, 0.1) is 0 Å². The zero-order valence-electron chi connectivity index (χ0n) is 33.4. The van der Waals surface area contributed by atoms with Crippen molar-refractivity contribution in [3.8, 4) is 56.0 Å². The Kier molecular flexibility index (Phi) is 9.18. The van der Waals surface area contributed by atoms with Gasteiger partial charge < -0.3 is 14.5 Å². The van der Waals surface area contributed by atoms with Crippen molar-refractivity contribution >= 4 is 44.9 Å². The number of benzene rings is 10. The number of rotatable bonds is 9. The van der Waals surface area contributed by atoms with Gasteiger partial charge in [-0.25, -0.2) is 0 Å². The van der Waals surface area contributed by atoms with Gasteiger partial charge in [-0.15, -0.1) is 0 Å². The molecule has 0 aromatic heterocycles. The van der Waals surface area contributed by atoms with Gasteiger partial charge in [-0.3, -0.25) is 0 Å². The molecular weight excluding hydrogens is 741 g/mol. The third-order valence-corrected chi connectivity index (χ3v) is 11.7. The monoisotopic (exact) mass is 780 g/mol. The maximum atomic E-state index is 7.13. The van der Waals surface area contributed by atoms with Gasteiger partial charge in [-0.1, -0.05) is 158 Å². The van der Waals surface area contributed by atoms with E-state index in [-0.39, 0.29) is 0 Å². The van der Waals surface area contributed by atoms with E-state index >= 15 is 0 Å². The molecule has 1 aliphatic rings. The quantitative estimate of drug-likeness (QED) is 0.145. The van der Waals surface area contributed by atoms with E-state index in [1.165, 1.54) is 27.8 Å². The van der Waals surface area contributed by atoms with Crippen LogP contribution in [0.25, 0.3) is 55.3 Å². The predicted molar refractivity (Wildman–Crippen MR) is 255 cm³/mol. The van der Waals surface area contributed by atoms with Crippen LogP contribution in [0.1, 0.15) is 0 Å². The average Bonchev–Trinajstić information content (AvgIpc) is 3.34. The second-order valence-electron chi connectivity index (χ2n) is 15.3. The summed E-state index contributed by atoms with van der Waals surface area (Å²) in [4.78, 5) is 4.61. The molecule has 1 heterocycles. The van der Waals surface area contributed by atoms with E-state index in [9.17, 15) is 0 Å². The highest BCUT2D eigenvalue weighted by atomic mass is 16.5. The van der Waals surface area contributed by atoms with Gasteiger partial charge in [0, 0.05) is 56.7 Å².